The highest BCUT2D eigenvalue weighted by atomic mass is 35.5. The molecule has 0 radical (unpaired) electrons. The van der Waals surface area contributed by atoms with Gasteiger partial charge < -0.3 is 0 Å². The Kier molecular flexibility index (Phi) is 2.34. The molecular weight excluding hydrogens is 172 g/mol. The van der Waals surface area contributed by atoms with E-state index in [4.69, 9.17) is 11.6 Å². The molecule has 1 rings (SSSR count). The molecule has 1 aromatic rings. The second-order valence-electron chi connectivity index (χ2n) is 1.64. The van der Waals surface area contributed by atoms with Crippen LogP contribution in [0.5, 0.6) is 0 Å². The second kappa shape index (κ2) is 3.07. The van der Waals surface area contributed by atoms with Crippen molar-refractivity contribution in [3.8, 4) is 0 Å². The summed E-state index contributed by atoms with van der Waals surface area (Å²) in [6.45, 7) is 0. The monoisotopic (exact) mass is 176 g/mol. The lowest BCUT2D eigenvalue weighted by Gasteiger charge is -1.91. The summed E-state index contributed by atoms with van der Waals surface area (Å²) in [6.07, 6.45) is 4.46. The van der Waals surface area contributed by atoms with Gasteiger partial charge in [0.2, 0.25) is 5.28 Å². The van der Waals surface area contributed by atoms with Crippen LogP contribution in [0.25, 0.3) is 0 Å². The molecule has 0 saturated heterocycles. The molecule has 0 aliphatic rings. The molecule has 0 fully saturated rings. The zero-order valence-corrected chi connectivity index (χ0v) is 6.82. The number of hydrogen-bond donors (Lipinski definition) is 0. The summed E-state index contributed by atoms with van der Waals surface area (Å²) < 4.78 is 10.7. The van der Waals surface area contributed by atoms with Gasteiger partial charge in [0.25, 0.3) is 0 Å². The van der Waals surface area contributed by atoms with E-state index >= 15 is 0 Å². The van der Waals surface area contributed by atoms with E-state index in [1.807, 2.05) is 0 Å². The van der Waals surface area contributed by atoms with Crippen LogP contribution in [0.2, 0.25) is 5.28 Å². The minimum atomic E-state index is -1.02. The van der Waals surface area contributed by atoms with E-state index in [9.17, 15) is 4.21 Å². The number of nitrogens with zero attached hydrogens (tertiary/aromatic N) is 2. The van der Waals surface area contributed by atoms with Crippen molar-refractivity contribution in [2.75, 3.05) is 6.26 Å². The van der Waals surface area contributed by atoms with E-state index in [0.717, 1.165) is 0 Å². The predicted octanol–water partition coefficient (Wildman–Crippen LogP) is 0.867. The largest absolute Gasteiger partial charge is 0.255 e. The SMILES string of the molecule is C[S@@](=O)c1cnc(Cl)nc1. The first kappa shape index (κ1) is 7.63. The van der Waals surface area contributed by atoms with Crippen molar-refractivity contribution < 1.29 is 4.21 Å². The van der Waals surface area contributed by atoms with Crippen LogP contribution < -0.4 is 0 Å². The van der Waals surface area contributed by atoms with Gasteiger partial charge in [-0.05, 0) is 11.6 Å². The molecule has 0 aromatic carbocycles. The first-order valence-electron chi connectivity index (χ1n) is 2.51. The molecule has 0 N–H and O–H groups in total. The molecule has 0 aliphatic carbocycles. The minimum absolute atomic E-state index is 0.175. The molecule has 0 aliphatic heterocycles. The summed E-state index contributed by atoms with van der Waals surface area (Å²) in [4.78, 5) is 7.91. The Morgan fingerprint density at radius 2 is 2.00 bits per heavy atom. The fraction of sp³-hybridized carbons (Fsp3) is 0.200. The van der Waals surface area contributed by atoms with E-state index in [0.29, 0.717) is 4.90 Å². The number of rotatable bonds is 1. The first-order valence-corrected chi connectivity index (χ1v) is 4.45. The van der Waals surface area contributed by atoms with E-state index in [1.54, 1.807) is 6.26 Å². The van der Waals surface area contributed by atoms with E-state index in [1.165, 1.54) is 12.4 Å². The van der Waals surface area contributed by atoms with Crippen LogP contribution >= 0.6 is 11.6 Å². The van der Waals surface area contributed by atoms with Crippen LogP contribution in [-0.2, 0) is 10.8 Å². The number of halogens is 1. The van der Waals surface area contributed by atoms with Gasteiger partial charge >= 0.3 is 0 Å². The average Bonchev–Trinajstić information content (AvgIpc) is 1.88. The van der Waals surface area contributed by atoms with Crippen molar-refractivity contribution in [2.24, 2.45) is 0 Å². The van der Waals surface area contributed by atoms with Crippen LogP contribution in [0.1, 0.15) is 0 Å². The molecule has 5 heteroatoms. The third-order valence-electron chi connectivity index (χ3n) is 0.929. The van der Waals surface area contributed by atoms with Crippen molar-refractivity contribution in [3.05, 3.63) is 17.7 Å². The van der Waals surface area contributed by atoms with Crippen molar-refractivity contribution >= 4 is 22.4 Å². The topological polar surface area (TPSA) is 42.9 Å². The third-order valence-corrected chi connectivity index (χ3v) is 2.00. The molecule has 1 heterocycles. The first-order chi connectivity index (χ1) is 4.70. The van der Waals surface area contributed by atoms with Gasteiger partial charge in [-0.2, -0.15) is 0 Å². The summed E-state index contributed by atoms with van der Waals surface area (Å²) in [6, 6.07) is 0. The lowest BCUT2D eigenvalue weighted by molar-refractivity contribution is 0.686. The van der Waals surface area contributed by atoms with Crippen LogP contribution in [0.4, 0.5) is 0 Å². The molecule has 1 atom stereocenters. The molecule has 0 unspecified atom stereocenters. The highest BCUT2D eigenvalue weighted by Gasteiger charge is 1.96. The van der Waals surface area contributed by atoms with Gasteiger partial charge in [-0.15, -0.1) is 0 Å². The Labute approximate surface area is 65.9 Å². The molecule has 0 spiro atoms. The predicted molar refractivity (Wildman–Crippen MR) is 39.4 cm³/mol. The van der Waals surface area contributed by atoms with Crippen LogP contribution in [0.15, 0.2) is 17.3 Å². The fourth-order valence-electron chi connectivity index (χ4n) is 0.449. The zero-order chi connectivity index (χ0) is 7.56. The van der Waals surface area contributed by atoms with Gasteiger partial charge in [-0.1, -0.05) is 0 Å². The van der Waals surface area contributed by atoms with Crippen molar-refractivity contribution in [3.63, 3.8) is 0 Å². The van der Waals surface area contributed by atoms with E-state index < -0.39 is 10.8 Å². The molecule has 0 amide bonds. The van der Waals surface area contributed by atoms with Crippen molar-refractivity contribution in [1.29, 1.82) is 0 Å². The quantitative estimate of drug-likeness (QED) is 0.597. The van der Waals surface area contributed by atoms with Gasteiger partial charge in [-0.25, -0.2) is 9.97 Å². The van der Waals surface area contributed by atoms with Crippen molar-refractivity contribution in [2.45, 2.75) is 4.90 Å². The third kappa shape index (κ3) is 1.75. The molecule has 10 heavy (non-hydrogen) atoms. The summed E-state index contributed by atoms with van der Waals surface area (Å²) in [7, 11) is -1.02. The lowest BCUT2D eigenvalue weighted by Crippen LogP contribution is -1.90. The summed E-state index contributed by atoms with van der Waals surface area (Å²) in [5.41, 5.74) is 0. The smallest absolute Gasteiger partial charge is 0.222 e. The molecule has 3 nitrogen and oxygen atoms in total. The Balaban J connectivity index is 3.00. The van der Waals surface area contributed by atoms with Crippen LogP contribution in [0.3, 0.4) is 0 Å². The lowest BCUT2D eigenvalue weighted by atomic mass is 10.7. The Morgan fingerprint density at radius 3 is 2.40 bits per heavy atom. The highest BCUT2D eigenvalue weighted by Crippen LogP contribution is 2.02. The fourth-order valence-corrected chi connectivity index (χ4v) is 0.949. The minimum Gasteiger partial charge on any atom is -0.255 e. The van der Waals surface area contributed by atoms with E-state index in [2.05, 4.69) is 9.97 Å². The van der Waals surface area contributed by atoms with E-state index in [-0.39, 0.29) is 5.28 Å². The molecular formula is C5H5ClN2OS. The maximum Gasteiger partial charge on any atom is 0.222 e. The number of aromatic nitrogens is 2. The van der Waals surface area contributed by atoms with Crippen LogP contribution in [0, 0.1) is 0 Å². The van der Waals surface area contributed by atoms with Crippen molar-refractivity contribution in [1.82, 2.24) is 9.97 Å². The molecule has 1 aromatic heterocycles. The molecule has 0 bridgehead atoms. The Hall–Kier alpha value is -0.480. The maximum absolute atomic E-state index is 10.7. The van der Waals surface area contributed by atoms with Gasteiger partial charge in [0, 0.05) is 18.6 Å². The average molecular weight is 177 g/mol. The zero-order valence-electron chi connectivity index (χ0n) is 5.24. The Bertz CT molecular complexity index is 248. The highest BCUT2D eigenvalue weighted by molar-refractivity contribution is 7.84. The molecule has 0 saturated carbocycles. The Morgan fingerprint density at radius 1 is 1.50 bits per heavy atom. The summed E-state index contributed by atoms with van der Waals surface area (Å²) in [5, 5.41) is 0.175. The standard InChI is InChI=1S/C5H5ClN2OS/c1-10(9)4-2-7-5(6)8-3-4/h2-3H,1H3/t10-/m1/s1. The van der Waals surface area contributed by atoms with Gasteiger partial charge in [-0.3, -0.25) is 4.21 Å². The van der Waals surface area contributed by atoms with Gasteiger partial charge in [0.15, 0.2) is 0 Å². The van der Waals surface area contributed by atoms with Gasteiger partial charge in [0.1, 0.15) is 0 Å². The maximum atomic E-state index is 10.7. The normalized spacial score (nSPS) is 13.0. The summed E-state index contributed by atoms with van der Waals surface area (Å²) in [5.74, 6) is 0. The number of hydrogen-bond acceptors (Lipinski definition) is 3. The second-order valence-corrected chi connectivity index (χ2v) is 3.36. The van der Waals surface area contributed by atoms with Gasteiger partial charge in [0.05, 0.1) is 15.7 Å². The molecule has 54 valence electrons. The van der Waals surface area contributed by atoms with Crippen LogP contribution in [-0.4, -0.2) is 20.4 Å². The summed E-state index contributed by atoms with van der Waals surface area (Å²) >= 11 is 5.40.